The molecule has 3 N–H and O–H groups in total. The van der Waals surface area contributed by atoms with Crippen molar-refractivity contribution in [2.24, 2.45) is 0 Å². The fourth-order valence-corrected chi connectivity index (χ4v) is 3.31. The molecular formula is C21H15FN2O3. The minimum atomic E-state index is -1.04. The van der Waals surface area contributed by atoms with Crippen LogP contribution in [0.4, 0.5) is 10.1 Å². The Bertz CT molecular complexity index is 1130. The number of amides is 1. The maximum Gasteiger partial charge on any atom is 0.337 e. The number of carboxylic acids is 1. The molecule has 134 valence electrons. The van der Waals surface area contributed by atoms with Crippen molar-refractivity contribution in [2.45, 2.75) is 6.92 Å². The van der Waals surface area contributed by atoms with Crippen molar-refractivity contribution in [3.05, 3.63) is 76.9 Å². The highest BCUT2D eigenvalue weighted by Crippen LogP contribution is 2.40. The van der Waals surface area contributed by atoms with Crippen molar-refractivity contribution in [1.82, 2.24) is 4.98 Å². The summed E-state index contributed by atoms with van der Waals surface area (Å²) in [5, 5.41) is 12.0. The van der Waals surface area contributed by atoms with Crippen LogP contribution in [0, 0.1) is 12.7 Å². The number of fused-ring (bicyclic) bond motifs is 1. The smallest absolute Gasteiger partial charge is 0.337 e. The molecule has 1 aromatic heterocycles. The van der Waals surface area contributed by atoms with Crippen LogP contribution >= 0.6 is 0 Å². The van der Waals surface area contributed by atoms with E-state index in [4.69, 9.17) is 0 Å². The van der Waals surface area contributed by atoms with E-state index in [2.05, 4.69) is 10.3 Å². The summed E-state index contributed by atoms with van der Waals surface area (Å²) in [4.78, 5) is 26.7. The minimum absolute atomic E-state index is 0.152. The molecule has 0 bridgehead atoms. The highest BCUT2D eigenvalue weighted by Gasteiger charge is 2.28. The van der Waals surface area contributed by atoms with Crippen molar-refractivity contribution in [2.75, 3.05) is 5.32 Å². The van der Waals surface area contributed by atoms with Crippen molar-refractivity contribution in [3.8, 4) is 11.1 Å². The van der Waals surface area contributed by atoms with Gasteiger partial charge in [0.1, 0.15) is 5.82 Å². The monoisotopic (exact) mass is 362 g/mol. The summed E-state index contributed by atoms with van der Waals surface area (Å²) in [5.74, 6) is -1.69. The van der Waals surface area contributed by atoms with Crippen LogP contribution < -0.4 is 5.32 Å². The van der Waals surface area contributed by atoms with Crippen molar-refractivity contribution < 1.29 is 19.1 Å². The highest BCUT2D eigenvalue weighted by atomic mass is 19.1. The molecule has 0 fully saturated rings. The number of rotatable bonds is 3. The van der Waals surface area contributed by atoms with Crippen LogP contribution in [0.15, 0.2) is 48.7 Å². The number of carboxylic acid groups (broad SMARTS) is 1. The van der Waals surface area contributed by atoms with E-state index in [1.54, 1.807) is 37.3 Å². The lowest BCUT2D eigenvalue weighted by atomic mass is 9.94. The van der Waals surface area contributed by atoms with Gasteiger partial charge < -0.3 is 15.4 Å². The average molecular weight is 362 g/mol. The van der Waals surface area contributed by atoms with E-state index < -0.39 is 5.97 Å². The molecule has 1 amide bonds. The van der Waals surface area contributed by atoms with Gasteiger partial charge in [-0.15, -0.1) is 0 Å². The van der Waals surface area contributed by atoms with Gasteiger partial charge in [-0.1, -0.05) is 24.3 Å². The predicted octanol–water partition coefficient (Wildman–Crippen LogP) is 4.32. The van der Waals surface area contributed by atoms with Crippen LogP contribution in [0.5, 0.6) is 0 Å². The van der Waals surface area contributed by atoms with E-state index in [-0.39, 0.29) is 17.3 Å². The third-order valence-corrected chi connectivity index (χ3v) is 4.66. The van der Waals surface area contributed by atoms with Gasteiger partial charge in [0.25, 0.3) is 5.91 Å². The molecule has 0 atom stereocenters. The molecule has 0 spiro atoms. The number of aromatic carboxylic acids is 1. The Balaban J connectivity index is 1.90. The quantitative estimate of drug-likeness (QED) is 0.607. The number of hydrogen-bond acceptors (Lipinski definition) is 2. The van der Waals surface area contributed by atoms with Gasteiger partial charge in [-0.3, -0.25) is 4.79 Å². The van der Waals surface area contributed by atoms with Crippen molar-refractivity contribution in [1.29, 1.82) is 0 Å². The number of carbonyl (C=O) groups excluding carboxylic acids is 1. The lowest BCUT2D eigenvalue weighted by Gasteiger charge is -2.09. The second-order valence-electron chi connectivity index (χ2n) is 6.30. The second kappa shape index (κ2) is 6.25. The number of aromatic nitrogens is 1. The van der Waals surface area contributed by atoms with E-state index >= 15 is 0 Å². The molecule has 6 heteroatoms. The van der Waals surface area contributed by atoms with E-state index in [9.17, 15) is 19.1 Å². The summed E-state index contributed by atoms with van der Waals surface area (Å²) in [5.41, 5.74) is 4.31. The highest BCUT2D eigenvalue weighted by molar-refractivity contribution is 6.36. The summed E-state index contributed by atoms with van der Waals surface area (Å²) in [6.45, 7) is 1.68. The number of halogens is 1. The Morgan fingerprint density at radius 3 is 2.67 bits per heavy atom. The lowest BCUT2D eigenvalue weighted by molar-refractivity contribution is -0.110. The van der Waals surface area contributed by atoms with Gasteiger partial charge in [0.2, 0.25) is 0 Å². The molecule has 1 aliphatic rings. The first-order chi connectivity index (χ1) is 13.0. The van der Waals surface area contributed by atoms with Crippen LogP contribution in [-0.4, -0.2) is 22.0 Å². The van der Waals surface area contributed by atoms with Gasteiger partial charge in [0.05, 0.1) is 11.1 Å². The van der Waals surface area contributed by atoms with Gasteiger partial charge in [-0.25, -0.2) is 9.18 Å². The molecule has 2 heterocycles. The summed E-state index contributed by atoms with van der Waals surface area (Å²) >= 11 is 0. The first-order valence-corrected chi connectivity index (χ1v) is 8.29. The standard InChI is InChI=1S/C21H15FN2O3/c1-11-16(21(26)27)10-23-18(11)9-15-19-14(12-4-2-5-13(22)8-12)6-3-7-17(19)24-20(15)25/h2-10,23H,1H3,(H,24,25)(H,26,27)/b15-9-. The van der Waals surface area contributed by atoms with E-state index in [1.807, 2.05) is 6.07 Å². The molecule has 3 aromatic rings. The van der Waals surface area contributed by atoms with Gasteiger partial charge in [-0.2, -0.15) is 0 Å². The van der Waals surface area contributed by atoms with Gasteiger partial charge in [0.15, 0.2) is 0 Å². The Labute approximate surface area is 154 Å². The molecule has 0 saturated carbocycles. The fraction of sp³-hybridized carbons (Fsp3) is 0.0476. The molecular weight excluding hydrogens is 347 g/mol. The number of hydrogen-bond donors (Lipinski definition) is 3. The molecule has 0 unspecified atom stereocenters. The Morgan fingerprint density at radius 1 is 1.19 bits per heavy atom. The maximum atomic E-state index is 13.7. The number of carbonyl (C=O) groups is 2. The predicted molar refractivity (Wildman–Crippen MR) is 101 cm³/mol. The molecule has 27 heavy (non-hydrogen) atoms. The Kier molecular flexibility index (Phi) is 3.88. The number of nitrogens with one attached hydrogen (secondary N) is 2. The summed E-state index contributed by atoms with van der Waals surface area (Å²) in [6.07, 6.45) is 3.03. The number of benzene rings is 2. The fourth-order valence-electron chi connectivity index (χ4n) is 3.31. The molecule has 2 aromatic carbocycles. The van der Waals surface area contributed by atoms with Crippen LogP contribution in [0.1, 0.15) is 27.2 Å². The molecule has 0 aliphatic carbocycles. The second-order valence-corrected chi connectivity index (χ2v) is 6.30. The van der Waals surface area contributed by atoms with Gasteiger partial charge in [0, 0.05) is 23.1 Å². The maximum absolute atomic E-state index is 13.7. The third-order valence-electron chi connectivity index (χ3n) is 4.66. The summed E-state index contributed by atoms with van der Waals surface area (Å²) < 4.78 is 13.7. The van der Waals surface area contributed by atoms with Crippen molar-refractivity contribution in [3.63, 3.8) is 0 Å². The first kappa shape index (κ1) is 16.8. The van der Waals surface area contributed by atoms with Gasteiger partial charge in [-0.05, 0) is 47.9 Å². The molecule has 5 nitrogen and oxygen atoms in total. The number of anilines is 1. The van der Waals surface area contributed by atoms with E-state index in [1.165, 1.54) is 18.3 Å². The Morgan fingerprint density at radius 2 is 1.96 bits per heavy atom. The Hall–Kier alpha value is -3.67. The van der Waals surface area contributed by atoms with Gasteiger partial charge >= 0.3 is 5.97 Å². The minimum Gasteiger partial charge on any atom is -0.478 e. The summed E-state index contributed by atoms with van der Waals surface area (Å²) in [6, 6.07) is 11.6. The topological polar surface area (TPSA) is 82.2 Å². The number of H-pyrrole nitrogens is 1. The van der Waals surface area contributed by atoms with E-state index in [0.717, 1.165) is 5.56 Å². The molecule has 0 radical (unpaired) electrons. The summed E-state index contributed by atoms with van der Waals surface area (Å²) in [7, 11) is 0. The van der Waals surface area contributed by atoms with Crippen molar-refractivity contribution >= 4 is 29.2 Å². The molecule has 1 aliphatic heterocycles. The molecule has 0 saturated heterocycles. The SMILES string of the molecule is Cc1c(C(=O)O)c[nH]c1/C=C1\C(=O)Nc2cccc(-c3cccc(F)c3)c21. The lowest BCUT2D eigenvalue weighted by Crippen LogP contribution is -2.03. The normalized spacial score (nSPS) is 14.3. The van der Waals surface area contributed by atoms with Crippen LogP contribution in [0.25, 0.3) is 22.8 Å². The van der Waals surface area contributed by atoms with Crippen LogP contribution in [0.2, 0.25) is 0 Å². The zero-order valence-electron chi connectivity index (χ0n) is 14.3. The zero-order valence-corrected chi connectivity index (χ0v) is 14.3. The van der Waals surface area contributed by atoms with Crippen LogP contribution in [-0.2, 0) is 4.79 Å². The number of aromatic amines is 1. The average Bonchev–Trinajstić information content (AvgIpc) is 3.15. The first-order valence-electron chi connectivity index (χ1n) is 8.29. The zero-order chi connectivity index (χ0) is 19.1. The van der Waals surface area contributed by atoms with Crippen LogP contribution in [0.3, 0.4) is 0 Å². The third kappa shape index (κ3) is 2.81. The largest absolute Gasteiger partial charge is 0.478 e. The molecule has 4 rings (SSSR count). The van der Waals surface area contributed by atoms with E-state index in [0.29, 0.717) is 33.6 Å².